The van der Waals surface area contributed by atoms with E-state index >= 15 is 0 Å². The lowest BCUT2D eigenvalue weighted by atomic mass is 10.2. The van der Waals surface area contributed by atoms with E-state index in [2.05, 4.69) is 15.5 Å². The van der Waals surface area contributed by atoms with Crippen LogP contribution in [-0.2, 0) is 11.8 Å². The van der Waals surface area contributed by atoms with Crippen molar-refractivity contribution >= 4 is 29.0 Å². The zero-order valence-electron chi connectivity index (χ0n) is 15.7. The van der Waals surface area contributed by atoms with Crippen LogP contribution in [-0.4, -0.2) is 40.5 Å². The Kier molecular flexibility index (Phi) is 6.13. The van der Waals surface area contributed by atoms with Gasteiger partial charge in [-0.1, -0.05) is 42.1 Å². The molecule has 7 heteroatoms. The Morgan fingerprint density at radius 3 is 2.44 bits per heavy atom. The van der Waals surface area contributed by atoms with Gasteiger partial charge in [0, 0.05) is 50.3 Å². The molecule has 0 saturated heterocycles. The van der Waals surface area contributed by atoms with Crippen molar-refractivity contribution in [3.8, 4) is 11.4 Å². The van der Waals surface area contributed by atoms with Crippen LogP contribution in [0.3, 0.4) is 0 Å². The summed E-state index contributed by atoms with van der Waals surface area (Å²) < 4.78 is 1.96. The molecule has 3 aromatic rings. The van der Waals surface area contributed by atoms with Crippen molar-refractivity contribution in [3.05, 3.63) is 54.6 Å². The standard InChI is InChI=1S/C20H23N5OS/c1-24(2)17-11-9-16(10-12-17)21-18(26)13-14-27-20-23-22-19(25(20)3)15-7-5-4-6-8-15/h4-12H,13-14H2,1-3H3,(H,21,26). The molecule has 0 aliphatic rings. The van der Waals surface area contributed by atoms with E-state index in [4.69, 9.17) is 0 Å². The highest BCUT2D eigenvalue weighted by molar-refractivity contribution is 7.99. The maximum atomic E-state index is 12.2. The van der Waals surface area contributed by atoms with Gasteiger partial charge in [-0.25, -0.2) is 0 Å². The number of nitrogens with zero attached hydrogens (tertiary/aromatic N) is 4. The fraction of sp³-hybridized carbons (Fsp3) is 0.250. The molecule has 0 atom stereocenters. The minimum absolute atomic E-state index is 0.00875. The molecule has 1 aromatic heterocycles. The summed E-state index contributed by atoms with van der Waals surface area (Å²) >= 11 is 1.53. The molecule has 1 amide bonds. The number of hydrogen-bond donors (Lipinski definition) is 1. The fourth-order valence-electron chi connectivity index (χ4n) is 2.58. The summed E-state index contributed by atoms with van der Waals surface area (Å²) in [5.74, 6) is 1.46. The number of anilines is 2. The van der Waals surface area contributed by atoms with Gasteiger partial charge in [0.25, 0.3) is 0 Å². The molecule has 1 N–H and O–H groups in total. The van der Waals surface area contributed by atoms with Crippen molar-refractivity contribution in [1.29, 1.82) is 0 Å². The van der Waals surface area contributed by atoms with Gasteiger partial charge in [-0.15, -0.1) is 10.2 Å². The second kappa shape index (κ2) is 8.73. The summed E-state index contributed by atoms with van der Waals surface area (Å²) in [5, 5.41) is 12.2. The molecule has 0 bridgehead atoms. The Hall–Kier alpha value is -2.80. The largest absolute Gasteiger partial charge is 0.378 e. The van der Waals surface area contributed by atoms with E-state index in [0.717, 1.165) is 27.9 Å². The molecular formula is C20H23N5OS. The van der Waals surface area contributed by atoms with Gasteiger partial charge < -0.3 is 14.8 Å². The minimum atomic E-state index is -0.00875. The molecule has 27 heavy (non-hydrogen) atoms. The van der Waals surface area contributed by atoms with Crippen molar-refractivity contribution in [3.63, 3.8) is 0 Å². The number of amides is 1. The van der Waals surface area contributed by atoms with Gasteiger partial charge in [-0.05, 0) is 24.3 Å². The predicted octanol–water partition coefficient (Wildman–Crippen LogP) is 3.67. The van der Waals surface area contributed by atoms with Crippen LogP contribution in [0, 0.1) is 0 Å². The Morgan fingerprint density at radius 1 is 1.07 bits per heavy atom. The van der Waals surface area contributed by atoms with Crippen molar-refractivity contribution in [1.82, 2.24) is 14.8 Å². The van der Waals surface area contributed by atoms with Crippen LogP contribution >= 0.6 is 11.8 Å². The van der Waals surface area contributed by atoms with Crippen LogP contribution < -0.4 is 10.2 Å². The molecule has 1 heterocycles. The van der Waals surface area contributed by atoms with Gasteiger partial charge in [0.1, 0.15) is 0 Å². The van der Waals surface area contributed by atoms with Crippen LogP contribution in [0.15, 0.2) is 59.8 Å². The van der Waals surface area contributed by atoms with Gasteiger partial charge in [-0.3, -0.25) is 4.79 Å². The van der Waals surface area contributed by atoms with E-state index in [-0.39, 0.29) is 5.91 Å². The average molecular weight is 382 g/mol. The summed E-state index contributed by atoms with van der Waals surface area (Å²) in [6.07, 6.45) is 0.410. The number of nitrogens with one attached hydrogen (secondary N) is 1. The van der Waals surface area contributed by atoms with E-state index < -0.39 is 0 Å². The normalized spacial score (nSPS) is 10.6. The molecule has 140 valence electrons. The number of carbonyl (C=O) groups excluding carboxylic acids is 1. The minimum Gasteiger partial charge on any atom is -0.378 e. The van der Waals surface area contributed by atoms with Crippen molar-refractivity contribution in [2.24, 2.45) is 7.05 Å². The number of aromatic nitrogens is 3. The number of thioether (sulfide) groups is 1. The average Bonchev–Trinajstić information content (AvgIpc) is 3.03. The monoisotopic (exact) mass is 381 g/mol. The summed E-state index contributed by atoms with van der Waals surface area (Å²) in [6, 6.07) is 17.7. The van der Waals surface area contributed by atoms with E-state index in [0.29, 0.717) is 12.2 Å². The zero-order chi connectivity index (χ0) is 19.2. The lowest BCUT2D eigenvalue weighted by molar-refractivity contribution is -0.115. The lowest BCUT2D eigenvalue weighted by Gasteiger charge is -2.13. The predicted molar refractivity (Wildman–Crippen MR) is 111 cm³/mol. The van der Waals surface area contributed by atoms with E-state index in [1.54, 1.807) is 0 Å². The third-order valence-corrected chi connectivity index (χ3v) is 5.12. The summed E-state index contributed by atoms with van der Waals surface area (Å²) in [4.78, 5) is 14.2. The molecular weight excluding hydrogens is 358 g/mol. The summed E-state index contributed by atoms with van der Waals surface area (Å²) in [6.45, 7) is 0. The first-order valence-electron chi connectivity index (χ1n) is 8.69. The van der Waals surface area contributed by atoms with Gasteiger partial charge in [0.15, 0.2) is 11.0 Å². The van der Waals surface area contributed by atoms with Crippen molar-refractivity contribution in [2.45, 2.75) is 11.6 Å². The molecule has 3 rings (SSSR count). The van der Waals surface area contributed by atoms with E-state index in [1.165, 1.54) is 11.8 Å². The number of hydrogen-bond acceptors (Lipinski definition) is 5. The highest BCUT2D eigenvalue weighted by Gasteiger charge is 2.11. The third kappa shape index (κ3) is 4.89. The quantitative estimate of drug-likeness (QED) is 0.633. The van der Waals surface area contributed by atoms with E-state index in [1.807, 2.05) is 85.2 Å². The molecule has 0 unspecified atom stereocenters. The third-order valence-electron chi connectivity index (χ3n) is 4.09. The number of rotatable bonds is 7. The Balaban J connectivity index is 1.51. The van der Waals surface area contributed by atoms with Crippen molar-refractivity contribution in [2.75, 3.05) is 30.1 Å². The fourth-order valence-corrected chi connectivity index (χ4v) is 3.43. The zero-order valence-corrected chi connectivity index (χ0v) is 16.5. The second-order valence-corrected chi connectivity index (χ2v) is 7.38. The molecule has 6 nitrogen and oxygen atoms in total. The van der Waals surface area contributed by atoms with Gasteiger partial charge >= 0.3 is 0 Å². The summed E-state index contributed by atoms with van der Waals surface area (Å²) in [5.41, 5.74) is 2.93. The van der Waals surface area contributed by atoms with E-state index in [9.17, 15) is 4.79 Å². The molecule has 0 aliphatic carbocycles. The molecule has 0 radical (unpaired) electrons. The first-order valence-corrected chi connectivity index (χ1v) is 9.68. The van der Waals surface area contributed by atoms with Crippen LogP contribution in [0.4, 0.5) is 11.4 Å². The van der Waals surface area contributed by atoms with Crippen LogP contribution in [0.1, 0.15) is 6.42 Å². The Labute approximate surface area is 163 Å². The topological polar surface area (TPSA) is 63.1 Å². The molecule has 0 aliphatic heterocycles. The molecule has 0 fully saturated rings. The van der Waals surface area contributed by atoms with Gasteiger partial charge in [0.05, 0.1) is 0 Å². The first-order chi connectivity index (χ1) is 13.0. The second-order valence-electron chi connectivity index (χ2n) is 6.32. The molecule has 0 saturated carbocycles. The molecule has 2 aromatic carbocycles. The first kappa shape index (κ1) is 19.0. The van der Waals surface area contributed by atoms with Crippen LogP contribution in [0.5, 0.6) is 0 Å². The molecule has 0 spiro atoms. The Bertz CT molecular complexity index is 890. The Morgan fingerprint density at radius 2 is 1.78 bits per heavy atom. The van der Waals surface area contributed by atoms with Crippen molar-refractivity contribution < 1.29 is 4.79 Å². The number of benzene rings is 2. The van der Waals surface area contributed by atoms with Crippen LogP contribution in [0.2, 0.25) is 0 Å². The highest BCUT2D eigenvalue weighted by Crippen LogP contribution is 2.23. The van der Waals surface area contributed by atoms with Gasteiger partial charge in [0.2, 0.25) is 5.91 Å². The number of carbonyl (C=O) groups is 1. The van der Waals surface area contributed by atoms with Crippen LogP contribution in [0.25, 0.3) is 11.4 Å². The lowest BCUT2D eigenvalue weighted by Crippen LogP contribution is -2.13. The maximum Gasteiger partial charge on any atom is 0.225 e. The van der Waals surface area contributed by atoms with Gasteiger partial charge in [-0.2, -0.15) is 0 Å². The highest BCUT2D eigenvalue weighted by atomic mass is 32.2. The smallest absolute Gasteiger partial charge is 0.225 e. The summed E-state index contributed by atoms with van der Waals surface area (Å²) in [7, 11) is 5.91. The SMILES string of the molecule is CN(C)c1ccc(NC(=O)CCSc2nnc(-c3ccccc3)n2C)cc1. The maximum absolute atomic E-state index is 12.2.